The van der Waals surface area contributed by atoms with Gasteiger partial charge in [-0.3, -0.25) is 0 Å². The first kappa shape index (κ1) is 26.1. The summed E-state index contributed by atoms with van der Waals surface area (Å²) >= 11 is 0. The fourth-order valence-electron chi connectivity index (χ4n) is 4.20. The molecule has 0 radical (unpaired) electrons. The molecular weight excluding hydrogens is 467 g/mol. The molecule has 4 aromatic carbocycles. The minimum Gasteiger partial charge on any atom is -0.507 e. The third-order valence-corrected chi connectivity index (χ3v) is 6.08. The number of para-hydroxylation sites is 1. The van der Waals surface area contributed by atoms with E-state index in [9.17, 15) is 9.50 Å². The van der Waals surface area contributed by atoms with Crippen LogP contribution in [-0.2, 0) is 12.8 Å². The van der Waals surface area contributed by atoms with E-state index in [1.807, 2.05) is 61.5 Å². The number of benzene rings is 4. The maximum atomic E-state index is 13.3. The molecule has 4 nitrogen and oxygen atoms in total. The van der Waals surface area contributed by atoms with Crippen molar-refractivity contribution in [2.45, 2.75) is 39.5 Å². The standard InChI is InChI=1S/C32H33FO4/c1-3-10-27-30(13-8-14-31(27)37-26-11-6-5-7-12-26)35-19-9-20-36-32-22-29(34)28(21-23(32)4-2)24-15-17-25(33)18-16-24/h5-8,11-18,21-22,34H,3-4,9-10,19-20H2,1-2H3. The molecule has 5 heteroatoms. The van der Waals surface area contributed by atoms with E-state index in [0.29, 0.717) is 30.9 Å². The Labute approximate surface area is 218 Å². The molecule has 0 atom stereocenters. The lowest BCUT2D eigenvalue weighted by Gasteiger charge is -2.17. The van der Waals surface area contributed by atoms with Crippen LogP contribution >= 0.6 is 0 Å². The number of aryl methyl sites for hydroxylation is 1. The zero-order valence-electron chi connectivity index (χ0n) is 21.4. The van der Waals surface area contributed by atoms with Crippen molar-refractivity contribution in [2.24, 2.45) is 0 Å². The monoisotopic (exact) mass is 500 g/mol. The fraction of sp³-hybridized carbons (Fsp3) is 0.250. The minimum absolute atomic E-state index is 0.106. The summed E-state index contributed by atoms with van der Waals surface area (Å²) in [5.41, 5.74) is 3.46. The van der Waals surface area contributed by atoms with Crippen molar-refractivity contribution in [1.82, 2.24) is 0 Å². The van der Waals surface area contributed by atoms with Crippen LogP contribution in [0.5, 0.6) is 28.7 Å². The highest BCUT2D eigenvalue weighted by Crippen LogP contribution is 2.36. The molecule has 0 aromatic heterocycles. The zero-order valence-corrected chi connectivity index (χ0v) is 21.4. The van der Waals surface area contributed by atoms with Crippen LogP contribution in [0.3, 0.4) is 0 Å². The van der Waals surface area contributed by atoms with Crippen LogP contribution in [0.15, 0.2) is 84.9 Å². The summed E-state index contributed by atoms with van der Waals surface area (Å²) in [5.74, 6) is 2.88. The Balaban J connectivity index is 1.37. The van der Waals surface area contributed by atoms with Crippen molar-refractivity contribution < 1.29 is 23.7 Å². The van der Waals surface area contributed by atoms with Gasteiger partial charge in [-0.05, 0) is 66.4 Å². The highest BCUT2D eigenvalue weighted by Gasteiger charge is 2.13. The number of halogens is 1. The second kappa shape index (κ2) is 12.8. The van der Waals surface area contributed by atoms with Crippen LogP contribution in [0.1, 0.15) is 37.8 Å². The van der Waals surface area contributed by atoms with Gasteiger partial charge >= 0.3 is 0 Å². The van der Waals surface area contributed by atoms with Crippen LogP contribution in [-0.4, -0.2) is 18.3 Å². The Morgan fingerprint density at radius 3 is 2.16 bits per heavy atom. The first-order chi connectivity index (χ1) is 18.1. The molecule has 37 heavy (non-hydrogen) atoms. The summed E-state index contributed by atoms with van der Waals surface area (Å²) in [4.78, 5) is 0. The second-order valence-corrected chi connectivity index (χ2v) is 8.79. The van der Waals surface area contributed by atoms with Gasteiger partial charge in [0.2, 0.25) is 0 Å². The summed E-state index contributed by atoms with van der Waals surface area (Å²) in [5, 5.41) is 10.6. The van der Waals surface area contributed by atoms with Crippen LogP contribution in [0, 0.1) is 5.82 Å². The molecule has 0 heterocycles. The summed E-state index contributed by atoms with van der Waals surface area (Å²) in [6, 6.07) is 25.3. The molecule has 0 amide bonds. The van der Waals surface area contributed by atoms with Crippen molar-refractivity contribution in [1.29, 1.82) is 0 Å². The Kier molecular flexibility index (Phi) is 9.03. The largest absolute Gasteiger partial charge is 0.507 e. The van der Waals surface area contributed by atoms with E-state index >= 15 is 0 Å². The number of aromatic hydroxyl groups is 1. The molecule has 0 aliphatic heterocycles. The van der Waals surface area contributed by atoms with Crippen molar-refractivity contribution >= 4 is 0 Å². The van der Waals surface area contributed by atoms with Gasteiger partial charge in [0.15, 0.2) is 0 Å². The van der Waals surface area contributed by atoms with Gasteiger partial charge in [0, 0.05) is 23.6 Å². The first-order valence-corrected chi connectivity index (χ1v) is 12.8. The Bertz CT molecular complexity index is 1290. The normalized spacial score (nSPS) is 10.8. The molecular formula is C32H33FO4. The van der Waals surface area contributed by atoms with Crippen LogP contribution in [0.4, 0.5) is 4.39 Å². The smallest absolute Gasteiger partial charge is 0.134 e. The van der Waals surface area contributed by atoms with Gasteiger partial charge < -0.3 is 19.3 Å². The van der Waals surface area contributed by atoms with Gasteiger partial charge in [-0.2, -0.15) is 0 Å². The molecule has 1 N–H and O–H groups in total. The van der Waals surface area contributed by atoms with Crippen molar-refractivity contribution in [3.63, 3.8) is 0 Å². The molecule has 0 bridgehead atoms. The minimum atomic E-state index is -0.307. The fourth-order valence-corrected chi connectivity index (χ4v) is 4.20. The molecule has 4 rings (SSSR count). The van der Waals surface area contributed by atoms with E-state index in [4.69, 9.17) is 14.2 Å². The van der Waals surface area contributed by atoms with E-state index in [2.05, 4.69) is 6.92 Å². The molecule has 4 aromatic rings. The van der Waals surface area contributed by atoms with Gasteiger partial charge in [-0.25, -0.2) is 4.39 Å². The summed E-state index contributed by atoms with van der Waals surface area (Å²) in [6.45, 7) is 5.12. The molecule has 0 saturated heterocycles. The van der Waals surface area contributed by atoms with Gasteiger partial charge in [-0.1, -0.05) is 56.7 Å². The van der Waals surface area contributed by atoms with Crippen LogP contribution < -0.4 is 14.2 Å². The number of ether oxygens (including phenoxy) is 3. The van der Waals surface area contributed by atoms with Gasteiger partial charge in [0.25, 0.3) is 0 Å². The van der Waals surface area contributed by atoms with Crippen LogP contribution in [0.2, 0.25) is 0 Å². The predicted molar refractivity (Wildman–Crippen MR) is 145 cm³/mol. The van der Waals surface area contributed by atoms with Crippen molar-refractivity contribution in [3.05, 3.63) is 102 Å². The molecule has 0 saturated carbocycles. The quantitative estimate of drug-likeness (QED) is 0.199. The number of phenolic OH excluding ortho intramolecular Hbond substituents is 1. The summed E-state index contributed by atoms with van der Waals surface area (Å²) in [7, 11) is 0. The third kappa shape index (κ3) is 6.82. The molecule has 0 aliphatic carbocycles. The van der Waals surface area contributed by atoms with E-state index in [-0.39, 0.29) is 11.6 Å². The number of hydrogen-bond donors (Lipinski definition) is 1. The highest BCUT2D eigenvalue weighted by molar-refractivity contribution is 5.72. The second-order valence-electron chi connectivity index (χ2n) is 8.79. The maximum Gasteiger partial charge on any atom is 0.134 e. The van der Waals surface area contributed by atoms with Gasteiger partial charge in [0.1, 0.15) is 34.6 Å². The van der Waals surface area contributed by atoms with E-state index in [1.54, 1.807) is 18.2 Å². The Morgan fingerprint density at radius 2 is 1.46 bits per heavy atom. The molecule has 192 valence electrons. The average molecular weight is 501 g/mol. The Hall–Kier alpha value is -3.99. The zero-order chi connectivity index (χ0) is 26.0. The third-order valence-electron chi connectivity index (χ3n) is 6.08. The van der Waals surface area contributed by atoms with Crippen LogP contribution in [0.25, 0.3) is 11.1 Å². The number of rotatable bonds is 12. The SMILES string of the molecule is CCCc1c(OCCCOc2cc(O)c(-c3ccc(F)cc3)cc2CC)cccc1Oc1ccccc1. The highest BCUT2D eigenvalue weighted by atomic mass is 19.1. The Morgan fingerprint density at radius 1 is 0.757 bits per heavy atom. The predicted octanol–water partition coefficient (Wildman–Crippen LogP) is 8.35. The van der Waals surface area contributed by atoms with E-state index in [1.165, 1.54) is 12.1 Å². The van der Waals surface area contributed by atoms with Crippen molar-refractivity contribution in [2.75, 3.05) is 13.2 Å². The topological polar surface area (TPSA) is 47.9 Å². The number of hydrogen-bond acceptors (Lipinski definition) is 4. The summed E-state index contributed by atoms with van der Waals surface area (Å²) < 4.78 is 31.6. The lowest BCUT2D eigenvalue weighted by atomic mass is 10.00. The number of phenols is 1. The average Bonchev–Trinajstić information content (AvgIpc) is 2.91. The van der Waals surface area contributed by atoms with E-state index < -0.39 is 0 Å². The lowest BCUT2D eigenvalue weighted by Crippen LogP contribution is -2.07. The van der Waals surface area contributed by atoms with E-state index in [0.717, 1.165) is 53.2 Å². The van der Waals surface area contributed by atoms with Crippen molar-refractivity contribution in [3.8, 4) is 39.9 Å². The molecule has 0 spiro atoms. The first-order valence-electron chi connectivity index (χ1n) is 12.8. The van der Waals surface area contributed by atoms with Gasteiger partial charge in [0.05, 0.1) is 13.2 Å². The molecule has 0 aliphatic rings. The lowest BCUT2D eigenvalue weighted by molar-refractivity contribution is 0.244. The van der Waals surface area contributed by atoms with Gasteiger partial charge in [-0.15, -0.1) is 0 Å². The molecule has 0 fully saturated rings. The summed E-state index contributed by atoms with van der Waals surface area (Å²) in [6.07, 6.45) is 3.26. The molecule has 0 unspecified atom stereocenters. The maximum absolute atomic E-state index is 13.3.